The summed E-state index contributed by atoms with van der Waals surface area (Å²) in [4.78, 5) is 3.87. The summed E-state index contributed by atoms with van der Waals surface area (Å²) in [5, 5.41) is 21.8. The lowest BCUT2D eigenvalue weighted by Crippen LogP contribution is -2.26. The molecule has 4 aromatic rings. The van der Waals surface area contributed by atoms with Crippen molar-refractivity contribution in [2.24, 2.45) is 7.05 Å². The average molecular weight is 471 g/mol. The Morgan fingerprint density at radius 2 is 2.09 bits per heavy atom. The van der Waals surface area contributed by atoms with Gasteiger partial charge >= 0.3 is 0 Å². The summed E-state index contributed by atoms with van der Waals surface area (Å²) in [6.45, 7) is 3.21. The number of anilines is 1. The van der Waals surface area contributed by atoms with Crippen molar-refractivity contribution in [3.63, 3.8) is 0 Å². The van der Waals surface area contributed by atoms with Crippen LogP contribution in [0.1, 0.15) is 17.4 Å². The molecule has 2 heterocycles. The summed E-state index contributed by atoms with van der Waals surface area (Å²) in [5.41, 5.74) is 2.81. The van der Waals surface area contributed by atoms with E-state index in [0.29, 0.717) is 24.4 Å². The summed E-state index contributed by atoms with van der Waals surface area (Å²) in [7, 11) is -2.11. The average Bonchev–Trinajstić information content (AvgIpc) is 3.39. The molecule has 0 aliphatic carbocycles. The van der Waals surface area contributed by atoms with Crippen LogP contribution in [0.25, 0.3) is 10.9 Å². The standard InChI is InChI=1S/C22H26N6O4S/c1-15-19-7-6-18(11-20(19)26-25-15)32-9-8-23-12-21(29)16-4-3-5-17(10-16)27-33(30,31)22-13-28(2)14-24-22/h3-7,10-11,13-14,21,23,27,29H,8-9,12H2,1-2H3,(H,25,26)/t21-/m0/s1. The first-order valence-electron chi connectivity index (χ1n) is 10.4. The van der Waals surface area contributed by atoms with Gasteiger partial charge in [0.15, 0.2) is 5.03 Å². The van der Waals surface area contributed by atoms with Gasteiger partial charge in [-0.05, 0) is 36.8 Å². The molecule has 0 saturated heterocycles. The van der Waals surface area contributed by atoms with Crippen molar-refractivity contribution < 1.29 is 18.3 Å². The number of ether oxygens (including phenoxy) is 1. The highest BCUT2D eigenvalue weighted by molar-refractivity contribution is 7.92. The van der Waals surface area contributed by atoms with E-state index in [2.05, 4.69) is 25.2 Å². The van der Waals surface area contributed by atoms with Crippen LogP contribution in [0.5, 0.6) is 5.75 Å². The van der Waals surface area contributed by atoms with Crippen molar-refractivity contribution >= 4 is 26.6 Å². The molecule has 11 heteroatoms. The second kappa shape index (κ2) is 9.61. The summed E-state index contributed by atoms with van der Waals surface area (Å²) in [6, 6.07) is 12.4. The van der Waals surface area contributed by atoms with Crippen LogP contribution in [-0.4, -0.2) is 53.0 Å². The molecule has 4 N–H and O–H groups in total. The van der Waals surface area contributed by atoms with E-state index in [1.807, 2.05) is 25.1 Å². The minimum Gasteiger partial charge on any atom is -0.492 e. The predicted octanol–water partition coefficient (Wildman–Crippen LogP) is 2.11. The van der Waals surface area contributed by atoms with Gasteiger partial charge in [0.2, 0.25) is 0 Å². The predicted molar refractivity (Wildman–Crippen MR) is 125 cm³/mol. The first-order valence-corrected chi connectivity index (χ1v) is 11.9. The van der Waals surface area contributed by atoms with Gasteiger partial charge < -0.3 is 19.7 Å². The Hall–Kier alpha value is -3.41. The highest BCUT2D eigenvalue weighted by Crippen LogP contribution is 2.22. The summed E-state index contributed by atoms with van der Waals surface area (Å²) < 4.78 is 34.7. The Kier molecular flexibility index (Phi) is 6.63. The fourth-order valence-corrected chi connectivity index (χ4v) is 4.39. The Morgan fingerprint density at radius 3 is 2.88 bits per heavy atom. The molecule has 0 amide bonds. The third kappa shape index (κ3) is 5.51. The molecule has 0 bridgehead atoms. The van der Waals surface area contributed by atoms with Crippen LogP contribution in [-0.2, 0) is 17.1 Å². The smallest absolute Gasteiger partial charge is 0.280 e. The van der Waals surface area contributed by atoms with Crippen LogP contribution >= 0.6 is 0 Å². The highest BCUT2D eigenvalue weighted by atomic mass is 32.2. The van der Waals surface area contributed by atoms with E-state index < -0.39 is 16.1 Å². The van der Waals surface area contributed by atoms with E-state index in [9.17, 15) is 13.5 Å². The molecule has 2 aromatic carbocycles. The van der Waals surface area contributed by atoms with E-state index in [1.165, 1.54) is 12.5 Å². The first kappa shape index (κ1) is 22.8. The zero-order valence-electron chi connectivity index (χ0n) is 18.3. The molecule has 0 fully saturated rings. The minimum absolute atomic E-state index is 0.0702. The third-order valence-corrected chi connectivity index (χ3v) is 6.35. The summed E-state index contributed by atoms with van der Waals surface area (Å²) in [6.07, 6.45) is 2.02. The third-order valence-electron chi connectivity index (χ3n) is 5.08. The van der Waals surface area contributed by atoms with Crippen LogP contribution in [0.2, 0.25) is 0 Å². The number of rotatable bonds is 10. The van der Waals surface area contributed by atoms with E-state index >= 15 is 0 Å². The molecule has 4 rings (SSSR count). The SMILES string of the molecule is Cc1[nH]nc2cc(OCCNC[C@H](O)c3cccc(NS(=O)(=O)c4cn(C)cn4)c3)ccc12. The van der Waals surface area contributed by atoms with Crippen LogP contribution in [0.3, 0.4) is 0 Å². The lowest BCUT2D eigenvalue weighted by atomic mass is 10.1. The molecule has 0 saturated carbocycles. The molecule has 0 aliphatic heterocycles. The number of hydrogen-bond donors (Lipinski definition) is 4. The Morgan fingerprint density at radius 1 is 1.24 bits per heavy atom. The minimum atomic E-state index is -3.80. The number of imidazole rings is 1. The topological polar surface area (TPSA) is 134 Å². The number of nitrogens with zero attached hydrogens (tertiary/aromatic N) is 3. The number of aliphatic hydroxyl groups excluding tert-OH is 1. The Labute approximate surface area is 191 Å². The lowest BCUT2D eigenvalue weighted by Gasteiger charge is -2.14. The van der Waals surface area contributed by atoms with Gasteiger partial charge in [-0.2, -0.15) is 13.5 Å². The molecule has 1 atom stereocenters. The molecule has 10 nitrogen and oxygen atoms in total. The second-order valence-electron chi connectivity index (χ2n) is 7.70. The van der Waals surface area contributed by atoms with E-state index in [4.69, 9.17) is 4.74 Å². The van der Waals surface area contributed by atoms with Crippen molar-refractivity contribution in [1.29, 1.82) is 0 Å². The number of fused-ring (bicyclic) bond motifs is 1. The van der Waals surface area contributed by atoms with E-state index in [-0.39, 0.29) is 11.6 Å². The van der Waals surface area contributed by atoms with Crippen molar-refractivity contribution in [3.8, 4) is 5.75 Å². The van der Waals surface area contributed by atoms with Gasteiger partial charge in [-0.25, -0.2) is 4.98 Å². The monoisotopic (exact) mass is 470 g/mol. The number of nitrogens with one attached hydrogen (secondary N) is 3. The van der Waals surface area contributed by atoms with Gasteiger partial charge in [0, 0.05) is 49.2 Å². The molecule has 174 valence electrons. The number of aryl methyl sites for hydroxylation is 2. The number of hydrogen-bond acceptors (Lipinski definition) is 7. The van der Waals surface area contributed by atoms with Crippen molar-refractivity contribution in [3.05, 3.63) is 66.2 Å². The Bertz CT molecular complexity index is 1350. The van der Waals surface area contributed by atoms with Crippen molar-refractivity contribution in [1.82, 2.24) is 25.1 Å². The molecular formula is C22H26N6O4S. The summed E-state index contributed by atoms with van der Waals surface area (Å²) in [5.74, 6) is 0.726. The van der Waals surface area contributed by atoms with E-state index in [0.717, 1.165) is 22.3 Å². The summed E-state index contributed by atoms with van der Waals surface area (Å²) >= 11 is 0. The molecule has 0 radical (unpaired) electrons. The number of sulfonamides is 1. The van der Waals surface area contributed by atoms with Gasteiger partial charge in [-0.3, -0.25) is 9.82 Å². The highest BCUT2D eigenvalue weighted by Gasteiger charge is 2.18. The molecular weight excluding hydrogens is 444 g/mol. The number of aromatic amines is 1. The number of aliphatic hydroxyl groups is 1. The largest absolute Gasteiger partial charge is 0.492 e. The maximum absolute atomic E-state index is 12.4. The fraction of sp³-hybridized carbons (Fsp3) is 0.273. The molecule has 0 aliphatic rings. The van der Waals surface area contributed by atoms with Crippen LogP contribution in [0, 0.1) is 6.92 Å². The van der Waals surface area contributed by atoms with E-state index in [1.54, 1.807) is 35.9 Å². The van der Waals surface area contributed by atoms with Gasteiger partial charge in [-0.1, -0.05) is 12.1 Å². The van der Waals surface area contributed by atoms with Crippen molar-refractivity contribution in [2.75, 3.05) is 24.4 Å². The molecule has 33 heavy (non-hydrogen) atoms. The molecule has 0 unspecified atom stereocenters. The van der Waals surface area contributed by atoms with Gasteiger partial charge in [0.1, 0.15) is 12.4 Å². The maximum Gasteiger partial charge on any atom is 0.280 e. The molecule has 2 aromatic heterocycles. The lowest BCUT2D eigenvalue weighted by molar-refractivity contribution is 0.172. The van der Waals surface area contributed by atoms with Gasteiger partial charge in [0.25, 0.3) is 10.0 Å². The van der Waals surface area contributed by atoms with Crippen LogP contribution in [0.4, 0.5) is 5.69 Å². The number of benzene rings is 2. The maximum atomic E-state index is 12.4. The quantitative estimate of drug-likeness (QED) is 0.261. The Balaban J connectivity index is 1.26. The zero-order chi connectivity index (χ0) is 23.4. The van der Waals surface area contributed by atoms with Crippen LogP contribution in [0.15, 0.2) is 60.0 Å². The fourth-order valence-electron chi connectivity index (χ4n) is 3.36. The normalized spacial score (nSPS) is 12.7. The molecule has 0 spiro atoms. The van der Waals surface area contributed by atoms with Gasteiger partial charge in [0.05, 0.1) is 17.9 Å². The number of H-pyrrole nitrogens is 1. The van der Waals surface area contributed by atoms with Crippen LogP contribution < -0.4 is 14.8 Å². The first-order chi connectivity index (χ1) is 15.8. The number of aromatic nitrogens is 4. The second-order valence-corrected chi connectivity index (χ2v) is 9.33. The van der Waals surface area contributed by atoms with Crippen molar-refractivity contribution in [2.45, 2.75) is 18.1 Å². The zero-order valence-corrected chi connectivity index (χ0v) is 19.1. The van der Waals surface area contributed by atoms with Gasteiger partial charge in [-0.15, -0.1) is 0 Å².